The Kier molecular flexibility index (Phi) is 5.80. The zero-order valence-electron chi connectivity index (χ0n) is 16.9. The van der Waals surface area contributed by atoms with Crippen LogP contribution in [0.25, 0.3) is 0 Å². The number of aliphatic hydroxyl groups is 1. The van der Waals surface area contributed by atoms with Crippen LogP contribution in [0.2, 0.25) is 0 Å². The molecule has 0 unspecified atom stereocenters. The zero-order valence-corrected chi connectivity index (χ0v) is 16.9. The Morgan fingerprint density at radius 3 is 2.79 bits per heavy atom. The number of hydrogen-bond donors (Lipinski definition) is 3. The van der Waals surface area contributed by atoms with Crippen molar-refractivity contribution < 1.29 is 5.11 Å². The quantitative estimate of drug-likeness (QED) is 0.676. The van der Waals surface area contributed by atoms with E-state index < -0.39 is 0 Å². The number of rotatable bonds is 7. The van der Waals surface area contributed by atoms with Crippen molar-refractivity contribution in [1.82, 2.24) is 15.0 Å². The van der Waals surface area contributed by atoms with E-state index in [4.69, 9.17) is 0 Å². The van der Waals surface area contributed by atoms with E-state index in [-0.39, 0.29) is 24.0 Å². The van der Waals surface area contributed by atoms with Gasteiger partial charge < -0.3 is 15.7 Å². The number of nitriles is 1. The van der Waals surface area contributed by atoms with Crippen molar-refractivity contribution in [2.24, 2.45) is 11.3 Å². The Balaban J connectivity index is 1.74. The molecule has 2 atom stereocenters. The van der Waals surface area contributed by atoms with E-state index in [1.54, 1.807) is 12.4 Å². The van der Waals surface area contributed by atoms with Gasteiger partial charge in [-0.05, 0) is 35.3 Å². The summed E-state index contributed by atoms with van der Waals surface area (Å²) < 4.78 is 0. The molecule has 148 valence electrons. The number of pyridine rings is 1. The Labute approximate surface area is 166 Å². The lowest BCUT2D eigenvalue weighted by Crippen LogP contribution is -2.54. The predicted molar refractivity (Wildman–Crippen MR) is 109 cm³/mol. The zero-order chi connectivity index (χ0) is 20.3. The van der Waals surface area contributed by atoms with E-state index in [2.05, 4.69) is 59.3 Å². The highest BCUT2D eigenvalue weighted by atomic mass is 16.3. The summed E-state index contributed by atoms with van der Waals surface area (Å²) in [6, 6.07) is 6.28. The minimum atomic E-state index is -0.0537. The van der Waals surface area contributed by atoms with Crippen LogP contribution in [0.15, 0.2) is 24.5 Å². The molecule has 0 amide bonds. The topological polar surface area (TPSA) is 107 Å². The van der Waals surface area contributed by atoms with Gasteiger partial charge in [0.05, 0.1) is 6.20 Å². The standard InChI is InChI=1S/C21H28N6O/c1-13(2)18-14(6-5-7-23-18)10-24-20-25-11-15(9-22)19(27-20)26-17-8-16(12-28)21(17,3)4/h5-7,11,13,16-17,28H,8,10,12H2,1-4H3,(H2,24,25,26,27)/t16-,17-/m1/s1. The molecule has 28 heavy (non-hydrogen) atoms. The van der Waals surface area contributed by atoms with Crippen LogP contribution in [0.5, 0.6) is 0 Å². The Morgan fingerprint density at radius 2 is 2.14 bits per heavy atom. The van der Waals surface area contributed by atoms with Gasteiger partial charge in [-0.1, -0.05) is 33.8 Å². The summed E-state index contributed by atoms with van der Waals surface area (Å²) in [5.74, 6) is 1.59. The number of nitrogens with zero attached hydrogens (tertiary/aromatic N) is 4. The maximum Gasteiger partial charge on any atom is 0.224 e. The highest BCUT2D eigenvalue weighted by Gasteiger charge is 2.47. The molecule has 0 aromatic carbocycles. The molecule has 1 fully saturated rings. The summed E-state index contributed by atoms with van der Waals surface area (Å²) in [6.45, 7) is 9.22. The molecule has 1 saturated carbocycles. The number of anilines is 2. The fraction of sp³-hybridized carbons (Fsp3) is 0.524. The number of hydrogen-bond acceptors (Lipinski definition) is 7. The van der Waals surface area contributed by atoms with Crippen molar-refractivity contribution in [3.05, 3.63) is 41.3 Å². The number of aromatic nitrogens is 3. The monoisotopic (exact) mass is 380 g/mol. The summed E-state index contributed by atoms with van der Waals surface area (Å²) in [6.07, 6.45) is 4.20. The SMILES string of the molecule is CC(C)c1ncccc1CNc1ncc(C#N)c(N[C@@H]2C[C@H](CO)C2(C)C)n1. The molecule has 2 aromatic rings. The van der Waals surface area contributed by atoms with Gasteiger partial charge in [-0.15, -0.1) is 0 Å². The van der Waals surface area contributed by atoms with Gasteiger partial charge in [0.1, 0.15) is 17.5 Å². The first-order chi connectivity index (χ1) is 13.4. The van der Waals surface area contributed by atoms with Gasteiger partial charge in [0.2, 0.25) is 5.95 Å². The molecular weight excluding hydrogens is 352 g/mol. The number of aliphatic hydroxyl groups excluding tert-OH is 1. The molecule has 2 aromatic heterocycles. The first kappa shape index (κ1) is 20.0. The van der Waals surface area contributed by atoms with E-state index in [9.17, 15) is 10.4 Å². The van der Waals surface area contributed by atoms with Gasteiger partial charge in [0.25, 0.3) is 0 Å². The molecule has 7 nitrogen and oxygen atoms in total. The van der Waals surface area contributed by atoms with Crippen LogP contribution in [-0.2, 0) is 6.54 Å². The van der Waals surface area contributed by atoms with E-state index in [1.165, 1.54) is 0 Å². The lowest BCUT2D eigenvalue weighted by atomic mass is 9.59. The fourth-order valence-corrected chi connectivity index (χ4v) is 3.69. The summed E-state index contributed by atoms with van der Waals surface area (Å²) >= 11 is 0. The first-order valence-corrected chi connectivity index (χ1v) is 9.69. The molecular formula is C21H28N6O. The van der Waals surface area contributed by atoms with Crippen LogP contribution in [0, 0.1) is 22.7 Å². The fourth-order valence-electron chi connectivity index (χ4n) is 3.69. The highest BCUT2D eigenvalue weighted by Crippen LogP contribution is 2.47. The molecule has 2 heterocycles. The average Bonchev–Trinajstić information content (AvgIpc) is 2.69. The van der Waals surface area contributed by atoms with Crippen LogP contribution >= 0.6 is 0 Å². The summed E-state index contributed by atoms with van der Waals surface area (Å²) in [7, 11) is 0. The Morgan fingerprint density at radius 1 is 1.36 bits per heavy atom. The summed E-state index contributed by atoms with van der Waals surface area (Å²) in [4.78, 5) is 13.3. The molecule has 7 heteroatoms. The second kappa shape index (κ2) is 8.11. The van der Waals surface area contributed by atoms with E-state index >= 15 is 0 Å². The lowest BCUT2D eigenvalue weighted by Gasteiger charge is -2.52. The van der Waals surface area contributed by atoms with Crippen molar-refractivity contribution in [2.75, 3.05) is 17.2 Å². The third-order valence-electron chi connectivity index (χ3n) is 5.82. The van der Waals surface area contributed by atoms with Crippen LogP contribution in [0.4, 0.5) is 11.8 Å². The molecule has 0 aliphatic heterocycles. The maximum absolute atomic E-state index is 9.47. The Hall–Kier alpha value is -2.72. The van der Waals surface area contributed by atoms with Crippen molar-refractivity contribution in [3.8, 4) is 6.07 Å². The molecule has 3 N–H and O–H groups in total. The molecule has 0 bridgehead atoms. The minimum Gasteiger partial charge on any atom is -0.396 e. The second-order valence-corrected chi connectivity index (χ2v) is 8.26. The molecule has 0 saturated heterocycles. The largest absolute Gasteiger partial charge is 0.396 e. The average molecular weight is 380 g/mol. The van der Waals surface area contributed by atoms with Crippen molar-refractivity contribution >= 4 is 11.8 Å². The van der Waals surface area contributed by atoms with Crippen molar-refractivity contribution in [2.45, 2.75) is 52.6 Å². The molecule has 3 rings (SSSR count). The summed E-state index contributed by atoms with van der Waals surface area (Å²) in [5, 5.41) is 25.5. The first-order valence-electron chi connectivity index (χ1n) is 9.69. The van der Waals surface area contributed by atoms with Gasteiger partial charge in [-0.2, -0.15) is 10.2 Å². The molecule has 0 radical (unpaired) electrons. The third kappa shape index (κ3) is 3.92. The van der Waals surface area contributed by atoms with E-state index in [0.29, 0.717) is 29.8 Å². The molecule has 1 aliphatic rings. The lowest BCUT2D eigenvalue weighted by molar-refractivity contribution is 0.00449. The maximum atomic E-state index is 9.47. The van der Waals surface area contributed by atoms with Crippen LogP contribution in [0.3, 0.4) is 0 Å². The van der Waals surface area contributed by atoms with Crippen molar-refractivity contribution in [3.63, 3.8) is 0 Å². The normalized spacial score (nSPS) is 20.3. The van der Waals surface area contributed by atoms with Gasteiger partial charge in [0, 0.05) is 31.1 Å². The summed E-state index contributed by atoms with van der Waals surface area (Å²) in [5.41, 5.74) is 2.51. The van der Waals surface area contributed by atoms with Gasteiger partial charge >= 0.3 is 0 Å². The minimum absolute atomic E-state index is 0.0537. The molecule has 1 aliphatic carbocycles. The van der Waals surface area contributed by atoms with Crippen LogP contribution < -0.4 is 10.6 Å². The Bertz CT molecular complexity index is 873. The van der Waals surface area contributed by atoms with Crippen molar-refractivity contribution in [1.29, 1.82) is 5.26 Å². The third-order valence-corrected chi connectivity index (χ3v) is 5.82. The van der Waals surface area contributed by atoms with Gasteiger partial charge in [0.15, 0.2) is 0 Å². The van der Waals surface area contributed by atoms with Gasteiger partial charge in [-0.25, -0.2) is 4.98 Å². The van der Waals surface area contributed by atoms with E-state index in [0.717, 1.165) is 17.7 Å². The smallest absolute Gasteiger partial charge is 0.224 e. The van der Waals surface area contributed by atoms with Crippen LogP contribution in [-0.4, -0.2) is 32.7 Å². The highest BCUT2D eigenvalue weighted by molar-refractivity contribution is 5.54. The van der Waals surface area contributed by atoms with Gasteiger partial charge in [-0.3, -0.25) is 4.98 Å². The second-order valence-electron chi connectivity index (χ2n) is 8.26. The van der Waals surface area contributed by atoms with Crippen LogP contribution in [0.1, 0.15) is 56.9 Å². The molecule has 0 spiro atoms. The van der Waals surface area contributed by atoms with E-state index in [1.807, 2.05) is 12.1 Å². The predicted octanol–water partition coefficient (Wildman–Crippen LogP) is 3.30. The number of nitrogens with one attached hydrogen (secondary N) is 2.